The van der Waals surface area contributed by atoms with E-state index in [9.17, 15) is 14.4 Å². The Hall–Kier alpha value is -2.38. The fourth-order valence-electron chi connectivity index (χ4n) is 2.79. The van der Waals surface area contributed by atoms with E-state index in [1.54, 1.807) is 17.0 Å². The molecule has 2 heterocycles. The largest absolute Gasteiger partial charge is 0.349 e. The Balaban J connectivity index is 1.56. The van der Waals surface area contributed by atoms with Crippen LogP contribution < -0.4 is 10.9 Å². The van der Waals surface area contributed by atoms with Crippen molar-refractivity contribution in [2.75, 3.05) is 13.1 Å². The second-order valence-corrected chi connectivity index (χ2v) is 6.81. The molecule has 1 aromatic heterocycles. The number of likely N-dealkylation sites (tertiary alicyclic amines) is 1. The van der Waals surface area contributed by atoms with Crippen molar-refractivity contribution in [3.63, 3.8) is 0 Å². The smallest absolute Gasteiger partial charge is 0.274 e. The van der Waals surface area contributed by atoms with E-state index in [2.05, 4.69) is 15.5 Å². The van der Waals surface area contributed by atoms with Gasteiger partial charge in [0.1, 0.15) is 5.69 Å². The van der Waals surface area contributed by atoms with Crippen LogP contribution in [-0.2, 0) is 0 Å². The maximum atomic E-state index is 12.4. The molecule has 9 heteroatoms. The maximum absolute atomic E-state index is 12.4. The molecular formula is C17H16Cl2N4O3. The number of carbonyl (C=O) groups excluding carboxylic acids is 2. The monoisotopic (exact) mass is 394 g/mol. The second-order valence-electron chi connectivity index (χ2n) is 5.97. The average molecular weight is 395 g/mol. The molecule has 1 saturated heterocycles. The topological polar surface area (TPSA) is 95.2 Å². The van der Waals surface area contributed by atoms with Gasteiger partial charge in [0.05, 0.1) is 10.6 Å². The highest BCUT2D eigenvalue weighted by molar-refractivity contribution is 6.36. The SMILES string of the molecule is O=C(NC1CCN(C(=O)c2ccc(=O)[nH]n2)CC1)c1ccc(Cl)cc1Cl. The zero-order chi connectivity index (χ0) is 18.7. The molecule has 3 rings (SSSR count). The van der Waals surface area contributed by atoms with E-state index in [4.69, 9.17) is 23.2 Å². The van der Waals surface area contributed by atoms with Crippen LogP contribution in [-0.4, -0.2) is 46.0 Å². The number of rotatable bonds is 3. The standard InChI is InChI=1S/C17H16Cl2N4O3/c18-10-1-2-12(13(19)9-10)16(25)20-11-5-7-23(8-6-11)17(26)14-3-4-15(24)22-21-14/h1-4,9,11H,5-8H2,(H,20,25)(H,22,24). The Morgan fingerprint density at radius 2 is 1.88 bits per heavy atom. The van der Waals surface area contributed by atoms with Crippen LogP contribution in [0.1, 0.15) is 33.7 Å². The average Bonchev–Trinajstić information content (AvgIpc) is 2.62. The van der Waals surface area contributed by atoms with Crippen molar-refractivity contribution in [3.8, 4) is 0 Å². The molecule has 2 aromatic rings. The summed E-state index contributed by atoms with van der Waals surface area (Å²) < 4.78 is 0. The summed E-state index contributed by atoms with van der Waals surface area (Å²) >= 11 is 11.9. The number of aromatic amines is 1. The maximum Gasteiger partial charge on any atom is 0.274 e. The molecule has 1 aliphatic rings. The molecule has 0 spiro atoms. The van der Waals surface area contributed by atoms with Crippen LogP contribution in [0.3, 0.4) is 0 Å². The molecule has 136 valence electrons. The number of H-pyrrole nitrogens is 1. The van der Waals surface area contributed by atoms with Gasteiger partial charge in [-0.2, -0.15) is 5.10 Å². The first-order valence-corrected chi connectivity index (χ1v) is 8.80. The van der Waals surface area contributed by atoms with E-state index in [0.717, 1.165) is 0 Å². The molecule has 0 saturated carbocycles. The molecule has 2 N–H and O–H groups in total. The van der Waals surface area contributed by atoms with E-state index in [1.165, 1.54) is 18.2 Å². The minimum Gasteiger partial charge on any atom is -0.349 e. The molecule has 0 radical (unpaired) electrons. The molecule has 0 bridgehead atoms. The molecular weight excluding hydrogens is 379 g/mol. The van der Waals surface area contributed by atoms with E-state index < -0.39 is 0 Å². The minimum absolute atomic E-state index is 0.0539. The third kappa shape index (κ3) is 4.23. The van der Waals surface area contributed by atoms with Crippen molar-refractivity contribution in [1.29, 1.82) is 0 Å². The quantitative estimate of drug-likeness (QED) is 0.832. The summed E-state index contributed by atoms with van der Waals surface area (Å²) in [6, 6.07) is 7.33. The lowest BCUT2D eigenvalue weighted by Gasteiger charge is -2.32. The number of piperidine rings is 1. The lowest BCUT2D eigenvalue weighted by Crippen LogP contribution is -2.46. The Labute approximate surface area is 159 Å². The molecule has 0 aliphatic carbocycles. The molecule has 1 fully saturated rings. The number of nitrogens with zero attached hydrogens (tertiary/aromatic N) is 2. The van der Waals surface area contributed by atoms with Crippen LogP contribution in [0.2, 0.25) is 10.0 Å². The lowest BCUT2D eigenvalue weighted by molar-refractivity contribution is 0.0691. The van der Waals surface area contributed by atoms with Gasteiger partial charge in [-0.05, 0) is 37.1 Å². The van der Waals surface area contributed by atoms with Crippen LogP contribution in [0.4, 0.5) is 0 Å². The first kappa shape index (κ1) is 18.4. The van der Waals surface area contributed by atoms with E-state index >= 15 is 0 Å². The van der Waals surface area contributed by atoms with Crippen LogP contribution >= 0.6 is 23.2 Å². The first-order valence-electron chi connectivity index (χ1n) is 8.05. The number of hydrogen-bond acceptors (Lipinski definition) is 4. The highest BCUT2D eigenvalue weighted by atomic mass is 35.5. The van der Waals surface area contributed by atoms with Crippen LogP contribution in [0, 0.1) is 0 Å². The van der Waals surface area contributed by atoms with Crippen molar-refractivity contribution < 1.29 is 9.59 Å². The van der Waals surface area contributed by atoms with Crippen molar-refractivity contribution in [3.05, 3.63) is 62.0 Å². The normalized spacial score (nSPS) is 14.9. The molecule has 26 heavy (non-hydrogen) atoms. The van der Waals surface area contributed by atoms with Gasteiger partial charge in [-0.3, -0.25) is 14.4 Å². The van der Waals surface area contributed by atoms with Crippen LogP contribution in [0.5, 0.6) is 0 Å². The van der Waals surface area contributed by atoms with Gasteiger partial charge in [-0.1, -0.05) is 23.2 Å². The molecule has 7 nitrogen and oxygen atoms in total. The van der Waals surface area contributed by atoms with Gasteiger partial charge in [0.15, 0.2) is 0 Å². The Morgan fingerprint density at radius 1 is 1.15 bits per heavy atom. The van der Waals surface area contributed by atoms with Crippen LogP contribution in [0.25, 0.3) is 0 Å². The fraction of sp³-hybridized carbons (Fsp3) is 0.294. The summed E-state index contributed by atoms with van der Waals surface area (Å²) in [7, 11) is 0. The summed E-state index contributed by atoms with van der Waals surface area (Å²) in [5, 5.41) is 9.70. The van der Waals surface area contributed by atoms with E-state index in [1.807, 2.05) is 0 Å². The van der Waals surface area contributed by atoms with Gasteiger partial charge >= 0.3 is 0 Å². The summed E-state index contributed by atoms with van der Waals surface area (Å²) in [5.41, 5.74) is 0.205. The molecule has 0 unspecified atom stereocenters. The zero-order valence-electron chi connectivity index (χ0n) is 13.7. The number of amides is 2. The van der Waals surface area contributed by atoms with Crippen molar-refractivity contribution >= 4 is 35.0 Å². The Bertz CT molecular complexity index is 871. The molecule has 0 atom stereocenters. The lowest BCUT2D eigenvalue weighted by atomic mass is 10.0. The van der Waals surface area contributed by atoms with Crippen LogP contribution in [0.15, 0.2) is 35.1 Å². The second kappa shape index (κ2) is 7.88. The summed E-state index contributed by atoms with van der Waals surface area (Å²) in [6.07, 6.45) is 1.23. The summed E-state index contributed by atoms with van der Waals surface area (Å²) in [6.45, 7) is 0.970. The molecule has 1 aromatic carbocycles. The number of halogens is 2. The Kier molecular flexibility index (Phi) is 5.58. The first-order chi connectivity index (χ1) is 12.4. The van der Waals surface area contributed by atoms with Gasteiger partial charge in [-0.25, -0.2) is 5.10 Å². The van der Waals surface area contributed by atoms with E-state index in [-0.39, 0.29) is 29.1 Å². The third-order valence-electron chi connectivity index (χ3n) is 4.19. The molecule has 1 aliphatic heterocycles. The summed E-state index contributed by atoms with van der Waals surface area (Å²) in [4.78, 5) is 37.4. The van der Waals surface area contributed by atoms with Gasteiger partial charge in [0.2, 0.25) is 0 Å². The van der Waals surface area contributed by atoms with E-state index in [0.29, 0.717) is 41.5 Å². The van der Waals surface area contributed by atoms with Gasteiger partial charge < -0.3 is 10.2 Å². The highest BCUT2D eigenvalue weighted by Crippen LogP contribution is 2.21. The number of carbonyl (C=O) groups is 2. The number of benzene rings is 1. The van der Waals surface area contributed by atoms with Crippen molar-refractivity contribution in [1.82, 2.24) is 20.4 Å². The number of nitrogens with one attached hydrogen (secondary N) is 2. The highest BCUT2D eigenvalue weighted by Gasteiger charge is 2.26. The third-order valence-corrected chi connectivity index (χ3v) is 4.74. The van der Waals surface area contributed by atoms with Gasteiger partial charge in [0.25, 0.3) is 17.4 Å². The Morgan fingerprint density at radius 3 is 2.50 bits per heavy atom. The van der Waals surface area contributed by atoms with Gasteiger partial charge in [-0.15, -0.1) is 0 Å². The fourth-order valence-corrected chi connectivity index (χ4v) is 3.28. The molecule has 2 amide bonds. The van der Waals surface area contributed by atoms with Gasteiger partial charge in [0, 0.05) is 30.2 Å². The summed E-state index contributed by atoms with van der Waals surface area (Å²) in [5.74, 6) is -0.509. The number of aromatic nitrogens is 2. The van der Waals surface area contributed by atoms with Crippen molar-refractivity contribution in [2.24, 2.45) is 0 Å². The minimum atomic E-state index is -0.358. The predicted molar refractivity (Wildman–Crippen MR) is 97.7 cm³/mol. The predicted octanol–water partition coefficient (Wildman–Crippen LogP) is 2.11. The zero-order valence-corrected chi connectivity index (χ0v) is 15.2. The van der Waals surface area contributed by atoms with Crippen molar-refractivity contribution in [2.45, 2.75) is 18.9 Å². The number of hydrogen-bond donors (Lipinski definition) is 2.